The van der Waals surface area contributed by atoms with E-state index in [1.165, 1.54) is 20.2 Å². The molecule has 0 saturated heterocycles. The van der Waals surface area contributed by atoms with Crippen LogP contribution in [0.15, 0.2) is 212 Å². The van der Waals surface area contributed by atoms with Crippen molar-refractivity contribution in [3.63, 3.8) is 0 Å². The zero-order chi connectivity index (χ0) is 45.4. The summed E-state index contributed by atoms with van der Waals surface area (Å²) in [6, 6.07) is 64.3. The Morgan fingerprint density at radius 3 is 1.47 bits per heavy atom. The average Bonchev–Trinajstić information content (AvgIpc) is 4.13. The van der Waals surface area contributed by atoms with Crippen LogP contribution in [0, 0.1) is 0 Å². The number of fused-ring (bicyclic) bond motifs is 12. The Balaban J connectivity index is 1.17. The van der Waals surface area contributed by atoms with Crippen molar-refractivity contribution in [3.05, 3.63) is 212 Å². The number of para-hydroxylation sites is 6. The molecular weight excluding hydrogens is 799 g/mol. The van der Waals surface area contributed by atoms with Crippen molar-refractivity contribution in [1.29, 1.82) is 0 Å². The Bertz CT molecular complexity index is 4360. The Labute approximate surface area is 376 Å². The Kier molecular flexibility index (Phi) is 6.69. The molecule has 0 bridgehead atoms. The van der Waals surface area contributed by atoms with Gasteiger partial charge in [0, 0.05) is 58.6 Å². The lowest BCUT2D eigenvalue weighted by Gasteiger charge is -2.19. The molecule has 0 radical (unpaired) electrons. The largest absolute Gasteiger partial charge is 0.308 e. The number of aromatic nitrogens is 5. The number of thiophene rings is 1. The van der Waals surface area contributed by atoms with Crippen LogP contribution in [0.3, 0.4) is 0 Å². The van der Waals surface area contributed by atoms with Crippen LogP contribution in [0.2, 0.25) is 0 Å². The van der Waals surface area contributed by atoms with Crippen LogP contribution in [0.25, 0.3) is 125 Å². The lowest BCUT2D eigenvalue weighted by Crippen LogP contribution is -2.08. The first-order valence-corrected chi connectivity index (χ1v) is 22.2. The molecule has 0 aliphatic rings. The van der Waals surface area contributed by atoms with Crippen LogP contribution in [0.1, 0.15) is 5.48 Å². The van der Waals surface area contributed by atoms with Gasteiger partial charge in [0.05, 0.1) is 49.8 Å². The second-order valence-corrected chi connectivity index (χ2v) is 17.3. The van der Waals surface area contributed by atoms with Crippen molar-refractivity contribution in [2.24, 2.45) is 0 Å². The molecule has 0 aliphatic carbocycles. The highest BCUT2D eigenvalue weighted by molar-refractivity contribution is 7.25. The fourth-order valence-corrected chi connectivity index (χ4v) is 11.2. The van der Waals surface area contributed by atoms with Gasteiger partial charge in [0.2, 0.25) is 0 Å². The van der Waals surface area contributed by atoms with Crippen molar-refractivity contribution < 1.29 is 5.48 Å². The molecule has 0 saturated carbocycles. The molecule has 0 fully saturated rings. The van der Waals surface area contributed by atoms with E-state index in [-0.39, 0.29) is 24.2 Å². The van der Waals surface area contributed by atoms with Crippen molar-refractivity contribution in [3.8, 4) is 39.8 Å². The third-order valence-electron chi connectivity index (χ3n) is 12.8. The normalized spacial score (nSPS) is 12.9. The van der Waals surface area contributed by atoms with Crippen LogP contribution in [0.4, 0.5) is 0 Å². The van der Waals surface area contributed by atoms with Gasteiger partial charge < -0.3 is 4.57 Å². The first-order valence-electron chi connectivity index (χ1n) is 23.3. The third kappa shape index (κ3) is 5.05. The van der Waals surface area contributed by atoms with Gasteiger partial charge in [0.25, 0.3) is 0 Å². The standard InChI is InChI=1S/C58H35N5S/c1-8-24-46-38(16-1)39-17-2-9-25-47(39)61(46)52-30-15-23-37(36-32-33-54-45(34-36)44-22-7-14-31-53(44)64-54)57(52)58-59-55(62-48-26-10-3-18-40(48)41-19-4-11-27-49(41)62)35-56(60-58)63-50-28-12-5-20-42(50)43-21-6-13-29-51(43)63/h1-35H/i3D,10D,18D,26D. The average molecular weight is 838 g/mol. The molecule has 0 atom stereocenters. The molecule has 0 spiro atoms. The molecule has 298 valence electrons. The molecule has 9 aromatic carbocycles. The van der Waals surface area contributed by atoms with Crippen LogP contribution in [0.5, 0.6) is 0 Å². The SMILES string of the molecule is [2H]c1c([2H])c([2H])c2c(c1[2H])c1ccccc1n2-c1cc(-n2c3ccccc3c3ccccc32)nc(-c2c(-c3ccc4sc5ccccc5c4c3)cccc2-n2c3ccccc3c3ccccc32)n1. The fourth-order valence-electron chi connectivity index (χ4n) is 10.1. The summed E-state index contributed by atoms with van der Waals surface area (Å²) in [5.41, 5.74) is 8.74. The summed E-state index contributed by atoms with van der Waals surface area (Å²) in [6.45, 7) is 0. The Morgan fingerprint density at radius 1 is 0.375 bits per heavy atom. The quantitative estimate of drug-likeness (QED) is 0.173. The van der Waals surface area contributed by atoms with E-state index in [4.69, 9.17) is 12.7 Å². The Morgan fingerprint density at radius 2 is 0.859 bits per heavy atom. The number of hydrogen-bond donors (Lipinski definition) is 0. The van der Waals surface area contributed by atoms with Crippen molar-refractivity contribution in [2.45, 2.75) is 0 Å². The van der Waals surface area contributed by atoms with Gasteiger partial charge in [-0.15, -0.1) is 11.3 Å². The molecule has 64 heavy (non-hydrogen) atoms. The zero-order valence-corrected chi connectivity index (χ0v) is 34.9. The van der Waals surface area contributed by atoms with Crippen molar-refractivity contribution in [2.75, 3.05) is 0 Å². The second kappa shape index (κ2) is 13.6. The summed E-state index contributed by atoms with van der Waals surface area (Å²) >= 11 is 1.79. The topological polar surface area (TPSA) is 40.6 Å². The van der Waals surface area contributed by atoms with E-state index < -0.39 is 0 Å². The van der Waals surface area contributed by atoms with Gasteiger partial charge in [0.15, 0.2) is 5.82 Å². The minimum absolute atomic E-state index is 0.0943. The summed E-state index contributed by atoms with van der Waals surface area (Å²) in [7, 11) is 0. The number of benzene rings is 9. The molecule has 0 N–H and O–H groups in total. The first kappa shape index (κ1) is 31.5. The van der Waals surface area contributed by atoms with Gasteiger partial charge in [-0.25, -0.2) is 9.97 Å². The fraction of sp³-hybridized carbons (Fsp3) is 0. The maximum Gasteiger partial charge on any atom is 0.166 e. The van der Waals surface area contributed by atoms with Crippen LogP contribution in [-0.2, 0) is 0 Å². The van der Waals surface area contributed by atoms with Crippen molar-refractivity contribution >= 4 is 96.9 Å². The van der Waals surface area contributed by atoms with E-state index in [1.807, 2.05) is 47.0 Å². The first-order chi connectivity index (χ1) is 33.4. The molecule has 5 aromatic heterocycles. The molecule has 14 aromatic rings. The van der Waals surface area contributed by atoms with E-state index >= 15 is 0 Å². The van der Waals surface area contributed by atoms with Gasteiger partial charge in [-0.1, -0.05) is 146 Å². The monoisotopic (exact) mass is 837 g/mol. The van der Waals surface area contributed by atoms with Crippen LogP contribution >= 0.6 is 11.3 Å². The summed E-state index contributed by atoms with van der Waals surface area (Å²) < 4.78 is 45.2. The molecular formula is C58H35N5S. The lowest BCUT2D eigenvalue weighted by molar-refractivity contribution is 0.991. The minimum atomic E-state index is -0.307. The van der Waals surface area contributed by atoms with E-state index in [2.05, 4.69) is 155 Å². The Hall–Kier alpha value is -8.32. The van der Waals surface area contributed by atoms with E-state index in [1.54, 1.807) is 11.3 Å². The maximum atomic E-state index is 9.45. The third-order valence-corrected chi connectivity index (χ3v) is 14.0. The van der Waals surface area contributed by atoms with Gasteiger partial charge in [-0.2, -0.15) is 0 Å². The summed E-state index contributed by atoms with van der Waals surface area (Å²) in [6.07, 6.45) is 0. The highest BCUT2D eigenvalue weighted by Gasteiger charge is 2.25. The predicted molar refractivity (Wildman–Crippen MR) is 269 cm³/mol. The smallest absolute Gasteiger partial charge is 0.166 e. The zero-order valence-electron chi connectivity index (χ0n) is 38.0. The predicted octanol–water partition coefficient (Wildman–Crippen LogP) is 15.5. The van der Waals surface area contributed by atoms with E-state index in [9.17, 15) is 2.74 Å². The van der Waals surface area contributed by atoms with Gasteiger partial charge in [0.1, 0.15) is 11.6 Å². The number of nitrogens with zero attached hydrogens (tertiary/aromatic N) is 5. The van der Waals surface area contributed by atoms with Crippen LogP contribution < -0.4 is 0 Å². The molecule has 0 amide bonds. The molecule has 5 nitrogen and oxygen atoms in total. The number of hydrogen-bond acceptors (Lipinski definition) is 3. The summed E-state index contributed by atoms with van der Waals surface area (Å²) in [5.74, 6) is 1.52. The van der Waals surface area contributed by atoms with Gasteiger partial charge >= 0.3 is 0 Å². The molecule has 6 heteroatoms. The molecule has 5 heterocycles. The molecule has 0 unspecified atom stereocenters. The van der Waals surface area contributed by atoms with Gasteiger partial charge in [-0.3, -0.25) is 9.13 Å². The minimum Gasteiger partial charge on any atom is -0.308 e. The van der Waals surface area contributed by atoms with Crippen LogP contribution in [-0.4, -0.2) is 23.7 Å². The summed E-state index contributed by atoms with van der Waals surface area (Å²) in [4.78, 5) is 11.3. The maximum absolute atomic E-state index is 9.45. The van der Waals surface area contributed by atoms with Gasteiger partial charge in [-0.05, 0) is 71.8 Å². The highest BCUT2D eigenvalue weighted by Crippen LogP contribution is 2.44. The van der Waals surface area contributed by atoms with Crippen molar-refractivity contribution in [1.82, 2.24) is 23.7 Å². The highest BCUT2D eigenvalue weighted by atomic mass is 32.1. The lowest BCUT2D eigenvalue weighted by atomic mass is 9.95. The van der Waals surface area contributed by atoms with E-state index in [0.29, 0.717) is 39.3 Å². The summed E-state index contributed by atoms with van der Waals surface area (Å²) in [5, 5.41) is 7.95. The second-order valence-electron chi connectivity index (χ2n) is 16.2. The molecule has 0 aliphatic heterocycles. The van der Waals surface area contributed by atoms with E-state index in [0.717, 1.165) is 66.0 Å². The molecule has 14 rings (SSSR count). The number of rotatable bonds is 5.